The van der Waals surface area contributed by atoms with E-state index in [1.54, 1.807) is 19.5 Å². The molecule has 1 aliphatic heterocycles. The van der Waals surface area contributed by atoms with Crippen molar-refractivity contribution in [3.63, 3.8) is 0 Å². The number of rotatable bonds is 2. The third-order valence-corrected chi connectivity index (χ3v) is 2.73. The average molecular weight is 245 g/mol. The molecule has 1 unspecified atom stereocenters. The van der Waals surface area contributed by atoms with Crippen LogP contribution in [0.5, 0.6) is 5.75 Å². The van der Waals surface area contributed by atoms with Crippen LogP contribution in [0.4, 0.5) is 5.82 Å². The molecule has 1 amide bonds. The van der Waals surface area contributed by atoms with Crippen molar-refractivity contribution in [3.8, 4) is 5.75 Å². The molecule has 3 N–H and O–H groups in total. The van der Waals surface area contributed by atoms with Gasteiger partial charge in [0.15, 0.2) is 5.82 Å². The monoisotopic (exact) mass is 245 g/mol. The molecule has 3 rings (SSSR count). The Hall–Kier alpha value is -2.57. The molecule has 0 aromatic carbocycles. The Balaban J connectivity index is 1.93. The minimum Gasteiger partial charge on any atom is -0.495 e. The molecular weight excluding hydrogens is 234 g/mol. The Labute approximate surface area is 103 Å². The number of aromatic nitrogens is 3. The molecule has 2 aromatic heterocycles. The predicted octanol–water partition coefficient (Wildman–Crippen LogP) is 0.667. The van der Waals surface area contributed by atoms with E-state index < -0.39 is 0 Å². The van der Waals surface area contributed by atoms with Crippen LogP contribution in [-0.2, 0) is 0 Å². The Bertz CT molecular complexity index is 595. The molecule has 1 atom stereocenters. The van der Waals surface area contributed by atoms with E-state index in [9.17, 15) is 4.79 Å². The van der Waals surface area contributed by atoms with E-state index in [0.29, 0.717) is 17.3 Å². The molecule has 1 aliphatic rings. The zero-order chi connectivity index (χ0) is 12.5. The molecule has 7 nitrogen and oxygen atoms in total. The van der Waals surface area contributed by atoms with Crippen LogP contribution in [-0.4, -0.2) is 28.0 Å². The number of carbonyl (C=O) groups is 1. The van der Waals surface area contributed by atoms with Gasteiger partial charge in [0, 0.05) is 11.8 Å². The molecule has 0 aliphatic carbocycles. The number of hydrogen-bond donors (Lipinski definition) is 3. The van der Waals surface area contributed by atoms with E-state index in [1.807, 2.05) is 6.07 Å². The van der Waals surface area contributed by atoms with Gasteiger partial charge >= 0.3 is 0 Å². The maximum absolute atomic E-state index is 11.8. The smallest absolute Gasteiger partial charge is 0.273 e. The zero-order valence-corrected chi connectivity index (χ0v) is 9.60. The number of hydrogen-bond acceptors (Lipinski definition) is 5. The third kappa shape index (κ3) is 1.65. The second kappa shape index (κ2) is 4.02. The van der Waals surface area contributed by atoms with Crippen LogP contribution in [0.3, 0.4) is 0 Å². The number of ether oxygens (including phenoxy) is 1. The van der Waals surface area contributed by atoms with Crippen LogP contribution >= 0.6 is 0 Å². The van der Waals surface area contributed by atoms with Crippen LogP contribution < -0.4 is 15.4 Å². The van der Waals surface area contributed by atoms with Crippen molar-refractivity contribution in [1.82, 2.24) is 20.3 Å². The first-order valence-electron chi connectivity index (χ1n) is 5.37. The molecule has 0 radical (unpaired) electrons. The predicted molar refractivity (Wildman–Crippen MR) is 63.2 cm³/mol. The highest BCUT2D eigenvalue weighted by molar-refractivity contribution is 5.98. The summed E-state index contributed by atoms with van der Waals surface area (Å²) >= 11 is 0. The fourth-order valence-electron chi connectivity index (χ4n) is 1.82. The zero-order valence-electron chi connectivity index (χ0n) is 9.60. The van der Waals surface area contributed by atoms with Gasteiger partial charge in [-0.2, -0.15) is 0 Å². The van der Waals surface area contributed by atoms with Crippen molar-refractivity contribution in [2.45, 2.75) is 6.17 Å². The first-order chi connectivity index (χ1) is 8.78. The number of pyridine rings is 1. The second-order valence-electron chi connectivity index (χ2n) is 3.84. The molecule has 7 heteroatoms. The van der Waals surface area contributed by atoms with Gasteiger partial charge in [-0.15, -0.1) is 0 Å². The Kier molecular flexibility index (Phi) is 2.36. The molecule has 18 heavy (non-hydrogen) atoms. The standard InChI is InChI=1S/C11H11N5O2/c1-18-7-2-6(3-12-4-7)9-15-10-8(11(17)16-9)13-5-14-10/h2-5,9,15H,1H3,(H,13,14)(H,16,17). The fraction of sp³-hybridized carbons (Fsp3) is 0.182. The number of aromatic amines is 1. The van der Waals surface area contributed by atoms with Crippen LogP contribution in [0.25, 0.3) is 0 Å². The van der Waals surface area contributed by atoms with E-state index in [-0.39, 0.29) is 12.1 Å². The van der Waals surface area contributed by atoms with Crippen molar-refractivity contribution in [2.24, 2.45) is 0 Å². The Morgan fingerprint density at radius 1 is 1.33 bits per heavy atom. The van der Waals surface area contributed by atoms with E-state index in [0.717, 1.165) is 5.56 Å². The lowest BCUT2D eigenvalue weighted by Gasteiger charge is -2.24. The van der Waals surface area contributed by atoms with Gasteiger partial charge in [-0.25, -0.2) is 4.98 Å². The van der Waals surface area contributed by atoms with Crippen LogP contribution in [0.1, 0.15) is 22.2 Å². The lowest BCUT2D eigenvalue weighted by molar-refractivity contribution is 0.0931. The minimum absolute atomic E-state index is 0.200. The van der Waals surface area contributed by atoms with E-state index >= 15 is 0 Å². The third-order valence-electron chi connectivity index (χ3n) is 2.73. The highest BCUT2D eigenvalue weighted by Gasteiger charge is 2.26. The fourth-order valence-corrected chi connectivity index (χ4v) is 1.82. The number of nitrogens with one attached hydrogen (secondary N) is 3. The van der Waals surface area contributed by atoms with Gasteiger partial charge in [-0.1, -0.05) is 0 Å². The number of imidazole rings is 1. The molecule has 3 heterocycles. The summed E-state index contributed by atoms with van der Waals surface area (Å²) in [6.07, 6.45) is 4.38. The summed E-state index contributed by atoms with van der Waals surface area (Å²) in [5.41, 5.74) is 1.23. The largest absolute Gasteiger partial charge is 0.495 e. The van der Waals surface area contributed by atoms with Crippen LogP contribution in [0.15, 0.2) is 24.8 Å². The van der Waals surface area contributed by atoms with Gasteiger partial charge in [0.25, 0.3) is 5.91 Å². The van der Waals surface area contributed by atoms with Crippen LogP contribution in [0.2, 0.25) is 0 Å². The van der Waals surface area contributed by atoms with Crippen molar-refractivity contribution in [3.05, 3.63) is 36.0 Å². The van der Waals surface area contributed by atoms with Crippen molar-refractivity contribution < 1.29 is 9.53 Å². The quantitative estimate of drug-likeness (QED) is 0.723. The summed E-state index contributed by atoms with van der Waals surface area (Å²) < 4.78 is 5.10. The lowest BCUT2D eigenvalue weighted by atomic mass is 10.1. The van der Waals surface area contributed by atoms with Gasteiger partial charge in [0.2, 0.25) is 0 Å². The molecule has 0 spiro atoms. The molecule has 92 valence electrons. The number of carbonyl (C=O) groups excluding carboxylic acids is 1. The maximum Gasteiger partial charge on any atom is 0.273 e. The highest BCUT2D eigenvalue weighted by atomic mass is 16.5. The maximum atomic E-state index is 11.8. The van der Waals surface area contributed by atoms with Crippen LogP contribution in [0, 0.1) is 0 Å². The van der Waals surface area contributed by atoms with Gasteiger partial charge in [-0.3, -0.25) is 9.78 Å². The number of anilines is 1. The van der Waals surface area contributed by atoms with Crippen molar-refractivity contribution in [1.29, 1.82) is 0 Å². The van der Waals surface area contributed by atoms with Gasteiger partial charge in [0.05, 0.1) is 19.6 Å². The molecule has 0 fully saturated rings. The summed E-state index contributed by atoms with van der Waals surface area (Å²) in [6.45, 7) is 0. The topological polar surface area (TPSA) is 91.9 Å². The first-order valence-corrected chi connectivity index (χ1v) is 5.37. The summed E-state index contributed by atoms with van der Waals surface area (Å²) in [5.74, 6) is 0.969. The molecule has 0 saturated carbocycles. The number of nitrogens with zero attached hydrogens (tertiary/aromatic N) is 2. The molecule has 0 saturated heterocycles. The van der Waals surface area contributed by atoms with Gasteiger partial charge in [0.1, 0.15) is 17.6 Å². The number of methoxy groups -OCH3 is 1. The molecule has 0 bridgehead atoms. The lowest BCUT2D eigenvalue weighted by Crippen LogP contribution is -2.38. The SMILES string of the molecule is COc1cncc(C2NC(=O)c3[nH]cnc3N2)c1. The second-order valence-corrected chi connectivity index (χ2v) is 3.84. The van der Waals surface area contributed by atoms with Crippen molar-refractivity contribution in [2.75, 3.05) is 12.4 Å². The highest BCUT2D eigenvalue weighted by Crippen LogP contribution is 2.24. The Morgan fingerprint density at radius 3 is 3.06 bits per heavy atom. The van der Waals surface area contributed by atoms with Crippen molar-refractivity contribution >= 4 is 11.7 Å². The summed E-state index contributed by atoms with van der Waals surface area (Å²) in [5, 5.41) is 5.91. The normalized spacial score (nSPS) is 17.6. The van der Waals surface area contributed by atoms with E-state index in [1.165, 1.54) is 6.33 Å². The Morgan fingerprint density at radius 2 is 2.22 bits per heavy atom. The molecule has 2 aromatic rings. The van der Waals surface area contributed by atoms with Gasteiger partial charge < -0.3 is 20.4 Å². The average Bonchev–Trinajstić information content (AvgIpc) is 2.87. The number of H-pyrrole nitrogens is 1. The van der Waals surface area contributed by atoms with Gasteiger partial charge in [-0.05, 0) is 6.07 Å². The minimum atomic E-state index is -0.365. The van der Waals surface area contributed by atoms with E-state index in [2.05, 4.69) is 25.6 Å². The summed E-state index contributed by atoms with van der Waals surface area (Å²) in [4.78, 5) is 22.7. The summed E-state index contributed by atoms with van der Waals surface area (Å²) in [7, 11) is 1.57. The first kappa shape index (κ1) is 10.6. The number of fused-ring (bicyclic) bond motifs is 1. The summed E-state index contributed by atoms with van der Waals surface area (Å²) in [6, 6.07) is 1.81. The van der Waals surface area contributed by atoms with E-state index in [4.69, 9.17) is 4.74 Å². The molecular formula is C11H11N5O2. The number of amides is 1.